The third kappa shape index (κ3) is 2.71. The highest BCUT2D eigenvalue weighted by Gasteiger charge is 2.16. The van der Waals surface area contributed by atoms with Gasteiger partial charge in [0.05, 0.1) is 10.7 Å². The van der Waals surface area contributed by atoms with Gasteiger partial charge in [-0.2, -0.15) is 0 Å². The van der Waals surface area contributed by atoms with Gasteiger partial charge in [0, 0.05) is 6.04 Å². The Morgan fingerprint density at radius 1 is 1.25 bits per heavy atom. The average Bonchev–Trinajstić information content (AvgIpc) is 2.27. The summed E-state index contributed by atoms with van der Waals surface area (Å²) in [4.78, 5) is 4.17. The van der Waals surface area contributed by atoms with Gasteiger partial charge in [-0.3, -0.25) is 0 Å². The molecule has 0 saturated heterocycles. The summed E-state index contributed by atoms with van der Waals surface area (Å²) in [5.74, 6) is 0.615. The minimum absolute atomic E-state index is 0.373. The summed E-state index contributed by atoms with van der Waals surface area (Å²) in [7, 11) is 0. The average molecular weight is 260 g/mol. The Hall–Kier alpha value is -0.670. The van der Waals surface area contributed by atoms with Crippen LogP contribution < -0.4 is 11.1 Å². The normalized spacial score (nSPS) is 17.4. The van der Waals surface area contributed by atoms with Crippen molar-refractivity contribution in [3.05, 3.63) is 16.2 Å². The molecule has 1 aliphatic rings. The first-order valence-electron chi connectivity index (χ1n) is 5.55. The summed E-state index contributed by atoms with van der Waals surface area (Å²) >= 11 is 11.8. The van der Waals surface area contributed by atoms with Crippen molar-refractivity contribution in [1.82, 2.24) is 4.98 Å². The quantitative estimate of drug-likeness (QED) is 0.797. The highest BCUT2D eigenvalue weighted by atomic mass is 35.5. The smallest absolute Gasteiger partial charge is 0.152 e. The number of halogens is 2. The second kappa shape index (κ2) is 5.11. The van der Waals surface area contributed by atoms with Gasteiger partial charge >= 0.3 is 0 Å². The van der Waals surface area contributed by atoms with Crippen LogP contribution in [0.5, 0.6) is 0 Å². The van der Waals surface area contributed by atoms with Crippen LogP contribution in [0.1, 0.15) is 32.1 Å². The van der Waals surface area contributed by atoms with Crippen LogP contribution in [0.3, 0.4) is 0 Å². The molecule has 1 aromatic heterocycles. The number of anilines is 2. The van der Waals surface area contributed by atoms with Crippen LogP contribution in [0.2, 0.25) is 10.2 Å². The van der Waals surface area contributed by atoms with Crippen LogP contribution in [-0.2, 0) is 0 Å². The fourth-order valence-electron chi connectivity index (χ4n) is 2.05. The van der Waals surface area contributed by atoms with Gasteiger partial charge in [-0.15, -0.1) is 0 Å². The predicted octanol–water partition coefficient (Wildman–Crippen LogP) is 3.72. The molecule has 0 amide bonds. The summed E-state index contributed by atoms with van der Waals surface area (Å²) in [6.07, 6.45) is 6.14. The molecule has 88 valence electrons. The maximum absolute atomic E-state index is 5.95. The molecular formula is C11H15Cl2N3. The topological polar surface area (TPSA) is 50.9 Å². The van der Waals surface area contributed by atoms with Gasteiger partial charge in [0.2, 0.25) is 0 Å². The fraction of sp³-hybridized carbons (Fsp3) is 0.545. The molecule has 0 spiro atoms. The van der Waals surface area contributed by atoms with Gasteiger partial charge in [0.15, 0.2) is 5.82 Å². The molecule has 0 aromatic carbocycles. The van der Waals surface area contributed by atoms with E-state index in [-0.39, 0.29) is 0 Å². The van der Waals surface area contributed by atoms with Crippen LogP contribution >= 0.6 is 23.2 Å². The predicted molar refractivity (Wildman–Crippen MR) is 69.2 cm³/mol. The molecule has 0 unspecified atom stereocenters. The molecule has 1 heterocycles. The lowest BCUT2D eigenvalue weighted by atomic mass is 9.95. The molecule has 1 aliphatic carbocycles. The summed E-state index contributed by atoms with van der Waals surface area (Å²) in [5.41, 5.74) is 6.34. The molecule has 0 bridgehead atoms. The first-order chi connectivity index (χ1) is 7.66. The van der Waals surface area contributed by atoms with Crippen LogP contribution in [0.25, 0.3) is 0 Å². The van der Waals surface area contributed by atoms with Crippen LogP contribution in [-0.4, -0.2) is 11.0 Å². The Morgan fingerprint density at radius 3 is 2.62 bits per heavy atom. The molecule has 1 aromatic rings. The maximum atomic E-state index is 5.95. The Bertz CT molecular complexity index is 376. The number of hydrogen-bond acceptors (Lipinski definition) is 3. The van der Waals surface area contributed by atoms with Gasteiger partial charge < -0.3 is 11.1 Å². The van der Waals surface area contributed by atoms with E-state index < -0.39 is 0 Å². The molecule has 1 saturated carbocycles. The molecule has 3 nitrogen and oxygen atoms in total. The largest absolute Gasteiger partial charge is 0.395 e. The van der Waals surface area contributed by atoms with E-state index >= 15 is 0 Å². The molecule has 3 N–H and O–H groups in total. The number of nitrogens with two attached hydrogens (primary N) is 1. The SMILES string of the molecule is Nc1c(Cl)cc(Cl)nc1NC1CCCCC1. The van der Waals surface area contributed by atoms with Gasteiger partial charge in [-0.05, 0) is 18.9 Å². The number of pyridine rings is 1. The number of rotatable bonds is 2. The van der Waals surface area contributed by atoms with Gasteiger partial charge in [-0.25, -0.2) is 4.98 Å². The highest BCUT2D eigenvalue weighted by Crippen LogP contribution is 2.30. The Morgan fingerprint density at radius 2 is 1.94 bits per heavy atom. The fourth-order valence-corrected chi connectivity index (χ4v) is 2.49. The van der Waals surface area contributed by atoms with E-state index in [9.17, 15) is 0 Å². The lowest BCUT2D eigenvalue weighted by molar-refractivity contribution is 0.462. The summed E-state index contributed by atoms with van der Waals surface area (Å²) < 4.78 is 0. The van der Waals surface area contributed by atoms with E-state index in [1.807, 2.05) is 0 Å². The van der Waals surface area contributed by atoms with Crippen molar-refractivity contribution in [2.75, 3.05) is 11.1 Å². The monoisotopic (exact) mass is 259 g/mol. The highest BCUT2D eigenvalue weighted by molar-refractivity contribution is 6.36. The second-order valence-corrected chi connectivity index (χ2v) is 4.96. The van der Waals surface area contributed by atoms with Gasteiger partial charge in [0.1, 0.15) is 5.15 Å². The van der Waals surface area contributed by atoms with Crippen molar-refractivity contribution in [3.63, 3.8) is 0 Å². The van der Waals surface area contributed by atoms with Crippen molar-refractivity contribution >= 4 is 34.7 Å². The van der Waals surface area contributed by atoms with Crippen LogP contribution in [0.15, 0.2) is 6.07 Å². The van der Waals surface area contributed by atoms with E-state index in [0.717, 1.165) is 12.8 Å². The van der Waals surface area contributed by atoms with E-state index in [1.165, 1.54) is 19.3 Å². The maximum Gasteiger partial charge on any atom is 0.152 e. The van der Waals surface area contributed by atoms with Crippen LogP contribution in [0.4, 0.5) is 11.5 Å². The summed E-state index contributed by atoms with van der Waals surface area (Å²) in [6.45, 7) is 0. The molecule has 16 heavy (non-hydrogen) atoms. The molecule has 0 aliphatic heterocycles. The first kappa shape index (κ1) is 11.8. The third-order valence-corrected chi connectivity index (χ3v) is 3.43. The minimum atomic E-state index is 0.373. The second-order valence-electron chi connectivity index (χ2n) is 4.17. The number of nitrogens with one attached hydrogen (secondary N) is 1. The zero-order valence-corrected chi connectivity index (χ0v) is 10.5. The molecule has 5 heteroatoms. The van der Waals surface area contributed by atoms with Crippen molar-refractivity contribution < 1.29 is 0 Å². The van der Waals surface area contributed by atoms with E-state index in [2.05, 4.69) is 10.3 Å². The summed E-state index contributed by atoms with van der Waals surface area (Å²) in [5, 5.41) is 4.16. The minimum Gasteiger partial charge on any atom is -0.395 e. The molecule has 1 fully saturated rings. The Balaban J connectivity index is 2.13. The van der Waals surface area contributed by atoms with Crippen molar-refractivity contribution in [2.24, 2.45) is 0 Å². The van der Waals surface area contributed by atoms with Gasteiger partial charge in [-0.1, -0.05) is 42.5 Å². The van der Waals surface area contributed by atoms with Crippen LogP contribution in [0, 0.1) is 0 Å². The lowest BCUT2D eigenvalue weighted by Gasteiger charge is -2.24. The van der Waals surface area contributed by atoms with Gasteiger partial charge in [0.25, 0.3) is 0 Å². The van der Waals surface area contributed by atoms with Crippen molar-refractivity contribution in [3.8, 4) is 0 Å². The molecule has 2 rings (SSSR count). The molecule has 0 radical (unpaired) electrons. The van der Waals surface area contributed by atoms with E-state index in [4.69, 9.17) is 28.9 Å². The third-order valence-electron chi connectivity index (χ3n) is 2.92. The zero-order valence-electron chi connectivity index (χ0n) is 8.97. The van der Waals surface area contributed by atoms with E-state index in [1.54, 1.807) is 6.07 Å². The molecule has 0 atom stereocenters. The summed E-state index contributed by atoms with van der Waals surface area (Å²) in [6, 6.07) is 2.00. The standard InChI is InChI=1S/C11H15Cl2N3/c12-8-6-9(13)16-11(10(8)14)15-7-4-2-1-3-5-7/h6-7H,1-5,14H2,(H,15,16). The van der Waals surface area contributed by atoms with E-state index in [0.29, 0.717) is 27.7 Å². The van der Waals surface area contributed by atoms with Crippen molar-refractivity contribution in [2.45, 2.75) is 38.1 Å². The Kier molecular flexibility index (Phi) is 3.77. The number of aromatic nitrogens is 1. The number of nitrogen functional groups attached to an aromatic ring is 1. The lowest BCUT2D eigenvalue weighted by Crippen LogP contribution is -2.23. The van der Waals surface area contributed by atoms with Crippen molar-refractivity contribution in [1.29, 1.82) is 0 Å². The number of hydrogen-bond donors (Lipinski definition) is 2. The zero-order chi connectivity index (χ0) is 11.5. The first-order valence-corrected chi connectivity index (χ1v) is 6.30. The Labute approximate surface area is 105 Å². The molecular weight excluding hydrogens is 245 g/mol. The number of nitrogens with zero attached hydrogens (tertiary/aromatic N) is 1.